The second-order valence-electron chi connectivity index (χ2n) is 6.89. The predicted molar refractivity (Wildman–Crippen MR) is 109 cm³/mol. The Bertz CT molecular complexity index is 962. The van der Waals surface area contributed by atoms with Crippen molar-refractivity contribution < 1.29 is 4.79 Å². The van der Waals surface area contributed by atoms with Crippen LogP contribution in [-0.2, 0) is 6.54 Å². The summed E-state index contributed by atoms with van der Waals surface area (Å²) in [5.41, 5.74) is 6.39. The van der Waals surface area contributed by atoms with Gasteiger partial charge in [0.05, 0.1) is 0 Å². The van der Waals surface area contributed by atoms with Crippen LogP contribution in [0, 0.1) is 27.7 Å². The van der Waals surface area contributed by atoms with Crippen LogP contribution in [0.1, 0.15) is 38.4 Å². The number of carbonyl (C=O) groups excluding carboxylic acids is 1. The molecule has 1 amide bonds. The van der Waals surface area contributed by atoms with Crippen molar-refractivity contribution in [1.82, 2.24) is 9.97 Å². The average Bonchev–Trinajstić information content (AvgIpc) is 2.58. The van der Waals surface area contributed by atoms with Crippen LogP contribution in [0.25, 0.3) is 0 Å². The monoisotopic (exact) mass is 360 g/mol. The summed E-state index contributed by atoms with van der Waals surface area (Å²) in [7, 11) is 0. The maximum absolute atomic E-state index is 12.6. The Morgan fingerprint density at radius 3 is 2.33 bits per heavy atom. The molecule has 0 radical (unpaired) electrons. The van der Waals surface area contributed by atoms with E-state index in [1.807, 2.05) is 45.0 Å². The van der Waals surface area contributed by atoms with Gasteiger partial charge in [0.15, 0.2) is 0 Å². The van der Waals surface area contributed by atoms with Crippen LogP contribution in [0.5, 0.6) is 0 Å². The van der Waals surface area contributed by atoms with Gasteiger partial charge in [-0.05, 0) is 62.6 Å². The standard InChI is InChI=1S/C22H24N4O/c1-14-6-5-7-18(9-14)13-23-22-24-17(4)12-20(26-22)21(27)25-19-10-15(2)8-16(3)11-19/h5-12H,13H2,1-4H3,(H,25,27)(H,23,24,26). The first-order valence-electron chi connectivity index (χ1n) is 8.94. The van der Waals surface area contributed by atoms with Gasteiger partial charge >= 0.3 is 0 Å². The number of rotatable bonds is 5. The van der Waals surface area contributed by atoms with E-state index in [9.17, 15) is 4.79 Å². The van der Waals surface area contributed by atoms with Gasteiger partial charge in [0.2, 0.25) is 5.95 Å². The third-order valence-corrected chi connectivity index (χ3v) is 4.10. The number of hydrogen-bond acceptors (Lipinski definition) is 4. The first-order chi connectivity index (χ1) is 12.9. The van der Waals surface area contributed by atoms with E-state index in [-0.39, 0.29) is 5.91 Å². The molecule has 0 aliphatic heterocycles. The number of aryl methyl sites for hydroxylation is 4. The fourth-order valence-corrected chi connectivity index (χ4v) is 3.01. The lowest BCUT2D eigenvalue weighted by molar-refractivity contribution is 0.102. The molecule has 0 saturated heterocycles. The van der Waals surface area contributed by atoms with Crippen molar-refractivity contribution in [2.75, 3.05) is 10.6 Å². The number of nitrogens with zero attached hydrogens (tertiary/aromatic N) is 2. The summed E-state index contributed by atoms with van der Waals surface area (Å²) < 4.78 is 0. The minimum atomic E-state index is -0.246. The summed E-state index contributed by atoms with van der Waals surface area (Å²) in [5, 5.41) is 6.12. The zero-order chi connectivity index (χ0) is 19.4. The average molecular weight is 360 g/mol. The zero-order valence-electron chi connectivity index (χ0n) is 16.1. The van der Waals surface area contributed by atoms with Crippen LogP contribution in [0.15, 0.2) is 48.5 Å². The maximum Gasteiger partial charge on any atom is 0.274 e. The molecule has 138 valence electrons. The fourth-order valence-electron chi connectivity index (χ4n) is 3.01. The predicted octanol–water partition coefficient (Wildman–Crippen LogP) is 4.57. The van der Waals surface area contributed by atoms with Gasteiger partial charge in [-0.3, -0.25) is 4.79 Å². The molecular formula is C22H24N4O. The number of anilines is 2. The molecule has 0 fully saturated rings. The van der Waals surface area contributed by atoms with Crippen LogP contribution >= 0.6 is 0 Å². The second-order valence-corrected chi connectivity index (χ2v) is 6.89. The highest BCUT2D eigenvalue weighted by atomic mass is 16.1. The minimum Gasteiger partial charge on any atom is -0.350 e. The molecule has 3 aromatic rings. The van der Waals surface area contributed by atoms with Crippen LogP contribution in [0.4, 0.5) is 11.6 Å². The van der Waals surface area contributed by atoms with E-state index in [0.29, 0.717) is 18.2 Å². The molecular weight excluding hydrogens is 336 g/mol. The smallest absolute Gasteiger partial charge is 0.274 e. The van der Waals surface area contributed by atoms with Crippen molar-refractivity contribution in [1.29, 1.82) is 0 Å². The van der Waals surface area contributed by atoms with Crippen LogP contribution in [-0.4, -0.2) is 15.9 Å². The summed E-state index contributed by atoms with van der Waals surface area (Å²) in [4.78, 5) is 21.4. The Morgan fingerprint density at radius 2 is 1.63 bits per heavy atom. The van der Waals surface area contributed by atoms with Gasteiger partial charge in [-0.1, -0.05) is 35.9 Å². The highest BCUT2D eigenvalue weighted by molar-refractivity contribution is 6.03. The molecule has 1 heterocycles. The van der Waals surface area contributed by atoms with Crippen molar-refractivity contribution in [3.63, 3.8) is 0 Å². The quantitative estimate of drug-likeness (QED) is 0.699. The van der Waals surface area contributed by atoms with E-state index in [1.165, 1.54) is 5.56 Å². The first-order valence-corrected chi connectivity index (χ1v) is 8.94. The van der Waals surface area contributed by atoms with Gasteiger partial charge in [0.1, 0.15) is 5.69 Å². The maximum atomic E-state index is 12.6. The molecule has 0 aliphatic carbocycles. The number of benzene rings is 2. The molecule has 0 aliphatic rings. The number of aromatic nitrogens is 2. The number of carbonyl (C=O) groups is 1. The molecule has 0 unspecified atom stereocenters. The lowest BCUT2D eigenvalue weighted by Crippen LogP contribution is -2.16. The first kappa shape index (κ1) is 18.6. The van der Waals surface area contributed by atoms with E-state index in [0.717, 1.165) is 28.1 Å². The minimum absolute atomic E-state index is 0.246. The molecule has 0 atom stereocenters. The molecule has 3 rings (SSSR count). The molecule has 1 aromatic heterocycles. The molecule has 2 N–H and O–H groups in total. The molecule has 2 aromatic carbocycles. The number of hydrogen-bond donors (Lipinski definition) is 2. The Kier molecular flexibility index (Phi) is 5.50. The largest absolute Gasteiger partial charge is 0.350 e. The Labute approximate surface area is 159 Å². The van der Waals surface area contributed by atoms with E-state index < -0.39 is 0 Å². The normalized spacial score (nSPS) is 10.5. The lowest BCUT2D eigenvalue weighted by Gasteiger charge is -2.10. The zero-order valence-corrected chi connectivity index (χ0v) is 16.1. The molecule has 5 heteroatoms. The summed E-state index contributed by atoms with van der Waals surface area (Å²) >= 11 is 0. The summed E-state index contributed by atoms with van der Waals surface area (Å²) in [6, 6.07) is 15.9. The number of amides is 1. The van der Waals surface area contributed by atoms with Gasteiger partial charge in [0.25, 0.3) is 5.91 Å². The van der Waals surface area contributed by atoms with Crippen molar-refractivity contribution in [3.05, 3.63) is 82.2 Å². The molecule has 0 saturated carbocycles. The van der Waals surface area contributed by atoms with E-state index in [2.05, 4.69) is 45.7 Å². The molecule has 27 heavy (non-hydrogen) atoms. The third-order valence-electron chi connectivity index (χ3n) is 4.10. The Morgan fingerprint density at radius 1 is 0.889 bits per heavy atom. The molecule has 0 bridgehead atoms. The third kappa shape index (κ3) is 5.14. The van der Waals surface area contributed by atoms with Crippen LogP contribution in [0.3, 0.4) is 0 Å². The fraction of sp³-hybridized carbons (Fsp3) is 0.227. The summed E-state index contributed by atoms with van der Waals surface area (Å²) in [6.45, 7) is 8.52. The second kappa shape index (κ2) is 7.99. The number of nitrogens with one attached hydrogen (secondary N) is 2. The van der Waals surface area contributed by atoms with Crippen LogP contribution < -0.4 is 10.6 Å². The SMILES string of the molecule is Cc1cccc(CNc2nc(C)cc(C(=O)Nc3cc(C)cc(C)c3)n2)c1. The topological polar surface area (TPSA) is 66.9 Å². The van der Waals surface area contributed by atoms with Crippen molar-refractivity contribution in [2.45, 2.75) is 34.2 Å². The van der Waals surface area contributed by atoms with Gasteiger partial charge in [-0.15, -0.1) is 0 Å². The van der Waals surface area contributed by atoms with Gasteiger partial charge in [0, 0.05) is 17.9 Å². The van der Waals surface area contributed by atoms with Crippen molar-refractivity contribution >= 4 is 17.5 Å². The molecule has 0 spiro atoms. The van der Waals surface area contributed by atoms with Crippen molar-refractivity contribution in [3.8, 4) is 0 Å². The Balaban J connectivity index is 1.74. The Hall–Kier alpha value is -3.21. The van der Waals surface area contributed by atoms with Gasteiger partial charge < -0.3 is 10.6 Å². The highest BCUT2D eigenvalue weighted by Gasteiger charge is 2.11. The van der Waals surface area contributed by atoms with E-state index >= 15 is 0 Å². The van der Waals surface area contributed by atoms with Gasteiger partial charge in [-0.2, -0.15) is 0 Å². The van der Waals surface area contributed by atoms with E-state index in [4.69, 9.17) is 0 Å². The van der Waals surface area contributed by atoms with E-state index in [1.54, 1.807) is 6.07 Å². The highest BCUT2D eigenvalue weighted by Crippen LogP contribution is 2.15. The summed E-state index contributed by atoms with van der Waals surface area (Å²) in [5.74, 6) is 0.200. The van der Waals surface area contributed by atoms with Crippen molar-refractivity contribution in [2.24, 2.45) is 0 Å². The molecule has 5 nitrogen and oxygen atoms in total. The van der Waals surface area contributed by atoms with Gasteiger partial charge in [-0.25, -0.2) is 9.97 Å². The van der Waals surface area contributed by atoms with Crippen LogP contribution in [0.2, 0.25) is 0 Å². The lowest BCUT2D eigenvalue weighted by atomic mass is 10.1. The summed E-state index contributed by atoms with van der Waals surface area (Å²) in [6.07, 6.45) is 0.